The number of Topliss-reactive ketones (excluding diaryl/α,β-unsaturated/α-hetero) is 1. The summed E-state index contributed by atoms with van der Waals surface area (Å²) in [7, 11) is 1.41. The number of carbonyl (C=O) groups is 3. The van der Waals surface area contributed by atoms with Crippen molar-refractivity contribution in [3.8, 4) is 16.9 Å². The first-order chi connectivity index (χ1) is 16.0. The summed E-state index contributed by atoms with van der Waals surface area (Å²) in [6.45, 7) is 6.44. The number of benzene rings is 1. The molecule has 0 spiro atoms. The molecular weight excluding hydrogens is 480 g/mol. The van der Waals surface area contributed by atoms with E-state index in [1.165, 1.54) is 36.0 Å². The summed E-state index contributed by atoms with van der Waals surface area (Å²) in [5, 5.41) is 7.82. The van der Waals surface area contributed by atoms with E-state index >= 15 is 0 Å². The number of methoxy groups -OCH3 is 1. The average molecular weight is 505 g/mol. The Morgan fingerprint density at radius 2 is 1.82 bits per heavy atom. The molecule has 11 heteroatoms. The maximum atomic E-state index is 12.9. The zero-order valence-electron chi connectivity index (χ0n) is 19.4. The topological polar surface area (TPSA) is 112 Å². The van der Waals surface area contributed by atoms with Gasteiger partial charge in [0.25, 0.3) is 0 Å². The van der Waals surface area contributed by atoms with Gasteiger partial charge in [0, 0.05) is 30.7 Å². The predicted octanol–water partition coefficient (Wildman–Crippen LogP) is 5.39. The summed E-state index contributed by atoms with van der Waals surface area (Å²) in [5.74, 6) is -0.563. The molecular formula is C23H25ClN4O5S. The number of nitrogens with one attached hydrogen (secondary N) is 2. The van der Waals surface area contributed by atoms with Gasteiger partial charge in [-0.25, -0.2) is 9.78 Å². The molecule has 0 bridgehead atoms. The van der Waals surface area contributed by atoms with Crippen molar-refractivity contribution in [3.63, 3.8) is 0 Å². The molecule has 0 saturated carbocycles. The largest absolute Gasteiger partial charge is 0.444 e. The summed E-state index contributed by atoms with van der Waals surface area (Å²) < 4.78 is 11.9. The van der Waals surface area contributed by atoms with E-state index < -0.39 is 11.7 Å². The number of amides is 2. The smallest absolute Gasteiger partial charge is 0.412 e. The number of ether oxygens (including phenoxy) is 2. The predicted molar refractivity (Wildman–Crippen MR) is 132 cm³/mol. The summed E-state index contributed by atoms with van der Waals surface area (Å²) in [5.41, 5.74) is 1.77. The minimum Gasteiger partial charge on any atom is -0.444 e. The lowest BCUT2D eigenvalue weighted by Crippen LogP contribution is -2.28. The van der Waals surface area contributed by atoms with Crippen LogP contribution >= 0.6 is 22.9 Å². The SMILES string of the molecule is COCC(=O)c1c(NC(=O)OC(C)(C)C)cc(Cl)n1-c1ccc(-c2csc(NC(C)=O)n2)cc1. The molecule has 2 N–H and O–H groups in total. The fourth-order valence-electron chi connectivity index (χ4n) is 3.11. The third kappa shape index (κ3) is 6.22. The molecule has 9 nitrogen and oxygen atoms in total. The van der Waals surface area contributed by atoms with E-state index in [0.717, 1.165) is 5.56 Å². The molecule has 0 aliphatic rings. The lowest BCUT2D eigenvalue weighted by atomic mass is 10.1. The highest BCUT2D eigenvalue weighted by molar-refractivity contribution is 7.14. The zero-order chi connectivity index (χ0) is 25.0. The number of halogens is 1. The van der Waals surface area contributed by atoms with Crippen molar-refractivity contribution in [2.24, 2.45) is 0 Å². The second-order valence-corrected chi connectivity index (χ2v) is 9.56. The van der Waals surface area contributed by atoms with Crippen LogP contribution in [0.2, 0.25) is 5.15 Å². The maximum absolute atomic E-state index is 12.9. The Morgan fingerprint density at radius 3 is 2.41 bits per heavy atom. The van der Waals surface area contributed by atoms with E-state index in [9.17, 15) is 14.4 Å². The molecule has 180 valence electrons. The van der Waals surface area contributed by atoms with Crippen LogP contribution in [0.5, 0.6) is 0 Å². The summed E-state index contributed by atoms with van der Waals surface area (Å²) in [6, 6.07) is 8.69. The second-order valence-electron chi connectivity index (χ2n) is 8.31. The van der Waals surface area contributed by atoms with Crippen molar-refractivity contribution in [2.75, 3.05) is 24.4 Å². The van der Waals surface area contributed by atoms with Crippen molar-refractivity contribution in [3.05, 3.63) is 46.6 Å². The molecule has 0 saturated heterocycles. The molecule has 0 aliphatic heterocycles. The van der Waals surface area contributed by atoms with Gasteiger partial charge in [-0.1, -0.05) is 23.7 Å². The Bertz CT molecular complexity index is 1210. The molecule has 2 heterocycles. The highest BCUT2D eigenvalue weighted by Crippen LogP contribution is 2.32. The van der Waals surface area contributed by atoms with Crippen molar-refractivity contribution in [2.45, 2.75) is 33.3 Å². The van der Waals surface area contributed by atoms with E-state index in [2.05, 4.69) is 15.6 Å². The van der Waals surface area contributed by atoms with E-state index in [0.29, 0.717) is 16.5 Å². The lowest BCUT2D eigenvalue weighted by molar-refractivity contribution is -0.114. The Morgan fingerprint density at radius 1 is 1.15 bits per heavy atom. The summed E-state index contributed by atoms with van der Waals surface area (Å²) in [6.07, 6.45) is -0.707. The van der Waals surface area contributed by atoms with Gasteiger partial charge in [-0.2, -0.15) is 0 Å². The van der Waals surface area contributed by atoms with Gasteiger partial charge in [0.1, 0.15) is 23.1 Å². The van der Waals surface area contributed by atoms with Crippen LogP contribution in [0.3, 0.4) is 0 Å². The Kier molecular flexibility index (Phi) is 7.75. The first-order valence-electron chi connectivity index (χ1n) is 10.3. The van der Waals surface area contributed by atoms with Gasteiger partial charge < -0.3 is 14.8 Å². The molecule has 34 heavy (non-hydrogen) atoms. The van der Waals surface area contributed by atoms with Crippen LogP contribution < -0.4 is 10.6 Å². The van der Waals surface area contributed by atoms with E-state index in [4.69, 9.17) is 21.1 Å². The number of carbonyl (C=O) groups excluding carboxylic acids is 3. The normalized spacial score (nSPS) is 11.2. The monoisotopic (exact) mass is 504 g/mol. The molecule has 2 amide bonds. The number of aromatic nitrogens is 2. The Hall–Kier alpha value is -3.21. The van der Waals surface area contributed by atoms with Gasteiger partial charge in [0.15, 0.2) is 5.13 Å². The molecule has 1 aromatic carbocycles. The van der Waals surface area contributed by atoms with E-state index in [1.54, 1.807) is 32.9 Å². The number of nitrogens with zero attached hydrogens (tertiary/aromatic N) is 2. The fourth-order valence-corrected chi connectivity index (χ4v) is 4.17. The van der Waals surface area contributed by atoms with Crippen molar-refractivity contribution in [1.29, 1.82) is 0 Å². The summed E-state index contributed by atoms with van der Waals surface area (Å²) >= 11 is 7.80. The van der Waals surface area contributed by atoms with E-state index in [-0.39, 0.29) is 34.8 Å². The second kappa shape index (κ2) is 10.4. The molecule has 0 unspecified atom stereocenters. The zero-order valence-corrected chi connectivity index (χ0v) is 21.0. The maximum Gasteiger partial charge on any atom is 0.412 e. The quantitative estimate of drug-likeness (QED) is 0.417. The molecule has 0 atom stereocenters. The fraction of sp³-hybridized carbons (Fsp3) is 0.304. The molecule has 2 aromatic heterocycles. The number of ketones is 1. The van der Waals surface area contributed by atoms with Crippen molar-refractivity contribution in [1.82, 2.24) is 9.55 Å². The first-order valence-corrected chi connectivity index (χ1v) is 11.5. The first kappa shape index (κ1) is 25.4. The molecule has 3 rings (SSSR count). The summed E-state index contributed by atoms with van der Waals surface area (Å²) in [4.78, 5) is 40.8. The average Bonchev–Trinajstić information content (AvgIpc) is 3.30. The Labute approximate surface area is 206 Å². The van der Waals surface area contributed by atoms with Crippen molar-refractivity contribution < 1.29 is 23.9 Å². The van der Waals surface area contributed by atoms with Crippen LogP contribution in [-0.2, 0) is 14.3 Å². The van der Waals surface area contributed by atoms with Gasteiger partial charge in [-0.05, 0) is 39.0 Å². The van der Waals surface area contributed by atoms with Gasteiger partial charge in [0.2, 0.25) is 11.7 Å². The number of anilines is 2. The van der Waals surface area contributed by atoms with E-state index in [1.807, 2.05) is 17.5 Å². The number of thiazole rings is 1. The third-order valence-electron chi connectivity index (χ3n) is 4.34. The van der Waals surface area contributed by atoms with Crippen molar-refractivity contribution >= 4 is 51.5 Å². The van der Waals surface area contributed by atoms with Crippen LogP contribution in [0.15, 0.2) is 35.7 Å². The minimum absolute atomic E-state index is 0.159. The highest BCUT2D eigenvalue weighted by Gasteiger charge is 2.25. The lowest BCUT2D eigenvalue weighted by Gasteiger charge is -2.20. The highest BCUT2D eigenvalue weighted by atomic mass is 35.5. The standard InChI is InChI=1S/C23H25ClN4O5S/c1-13(29)25-21-26-17(12-34-21)14-6-8-15(9-7-14)28-19(24)10-16(20(28)18(30)11-32-5)27-22(31)33-23(2,3)4/h6-10,12H,11H2,1-5H3,(H,27,31)(H,25,26,29). The van der Waals surface area contributed by atoms with Crippen LogP contribution in [0.4, 0.5) is 15.6 Å². The van der Waals surface area contributed by atoms with Crippen LogP contribution in [-0.4, -0.2) is 46.7 Å². The van der Waals surface area contributed by atoms with Gasteiger partial charge in [-0.3, -0.25) is 19.5 Å². The van der Waals surface area contributed by atoms with Crippen LogP contribution in [0.1, 0.15) is 38.2 Å². The van der Waals surface area contributed by atoms with Gasteiger partial charge in [-0.15, -0.1) is 11.3 Å². The molecule has 3 aromatic rings. The van der Waals surface area contributed by atoms with Crippen LogP contribution in [0, 0.1) is 0 Å². The number of hydrogen-bond acceptors (Lipinski definition) is 7. The molecule has 0 aliphatic carbocycles. The minimum atomic E-state index is -0.710. The third-order valence-corrected chi connectivity index (χ3v) is 5.38. The van der Waals surface area contributed by atoms with Gasteiger partial charge >= 0.3 is 6.09 Å². The van der Waals surface area contributed by atoms with Gasteiger partial charge in [0.05, 0.1) is 11.4 Å². The molecule has 0 fully saturated rings. The van der Waals surface area contributed by atoms with Crippen LogP contribution in [0.25, 0.3) is 16.9 Å². The Balaban J connectivity index is 1.95. The molecule has 0 radical (unpaired) electrons. The number of rotatable bonds is 7. The number of hydrogen-bond donors (Lipinski definition) is 2.